The van der Waals surface area contributed by atoms with Crippen molar-refractivity contribution in [2.24, 2.45) is 5.84 Å². The van der Waals surface area contributed by atoms with Crippen molar-refractivity contribution in [1.29, 1.82) is 0 Å². The highest BCUT2D eigenvalue weighted by Crippen LogP contribution is 2.25. The zero-order valence-electron chi connectivity index (χ0n) is 9.37. The van der Waals surface area contributed by atoms with Gasteiger partial charge in [0.25, 0.3) is 0 Å². The summed E-state index contributed by atoms with van der Waals surface area (Å²) in [6, 6.07) is 5.47. The zero-order chi connectivity index (χ0) is 12.1. The minimum absolute atomic E-state index is 0.105. The second-order valence-corrected chi connectivity index (χ2v) is 3.88. The molecule has 0 aromatic heterocycles. The minimum Gasteiger partial charge on any atom is -0.495 e. The van der Waals surface area contributed by atoms with Crippen LogP contribution in [-0.4, -0.2) is 25.1 Å². The Kier molecular flexibility index (Phi) is 4.58. The van der Waals surface area contributed by atoms with Crippen LogP contribution >= 0.6 is 11.6 Å². The van der Waals surface area contributed by atoms with E-state index in [-0.39, 0.29) is 5.91 Å². The van der Waals surface area contributed by atoms with Crippen molar-refractivity contribution < 1.29 is 9.53 Å². The van der Waals surface area contributed by atoms with E-state index in [0.717, 1.165) is 10.6 Å². The maximum Gasteiger partial charge on any atom is 0.236 e. The molecule has 0 unspecified atom stereocenters. The van der Waals surface area contributed by atoms with Gasteiger partial charge in [0.2, 0.25) is 5.91 Å². The molecule has 0 saturated carbocycles. The van der Waals surface area contributed by atoms with Crippen LogP contribution < -0.4 is 10.6 Å². The largest absolute Gasteiger partial charge is 0.495 e. The molecule has 0 aliphatic carbocycles. The van der Waals surface area contributed by atoms with E-state index in [0.29, 0.717) is 23.6 Å². The first kappa shape index (κ1) is 12.8. The number of carbonyl (C=O) groups is 1. The Morgan fingerprint density at radius 2 is 2.25 bits per heavy atom. The van der Waals surface area contributed by atoms with Gasteiger partial charge in [0.1, 0.15) is 5.75 Å². The van der Waals surface area contributed by atoms with Gasteiger partial charge in [-0.15, -0.1) is 0 Å². The number of methoxy groups -OCH3 is 1. The van der Waals surface area contributed by atoms with Gasteiger partial charge in [-0.3, -0.25) is 9.80 Å². The molecule has 0 aliphatic rings. The van der Waals surface area contributed by atoms with Crippen molar-refractivity contribution in [3.63, 3.8) is 0 Å². The zero-order valence-corrected chi connectivity index (χ0v) is 10.1. The molecule has 0 fully saturated rings. The number of benzene rings is 1. The molecule has 0 aliphatic heterocycles. The predicted octanol–water partition coefficient (Wildman–Crippen LogP) is 1.61. The molecule has 88 valence electrons. The fourth-order valence-electron chi connectivity index (χ4n) is 1.29. The second kappa shape index (κ2) is 5.72. The van der Waals surface area contributed by atoms with E-state index < -0.39 is 0 Å². The third-order valence-corrected chi connectivity index (χ3v) is 2.53. The Morgan fingerprint density at radius 3 is 2.75 bits per heavy atom. The van der Waals surface area contributed by atoms with E-state index in [9.17, 15) is 4.79 Å². The number of nitrogens with two attached hydrogens (primary N) is 1. The van der Waals surface area contributed by atoms with Crippen LogP contribution in [0.2, 0.25) is 5.02 Å². The van der Waals surface area contributed by atoms with Gasteiger partial charge in [0, 0.05) is 13.5 Å². The van der Waals surface area contributed by atoms with Crippen molar-refractivity contribution in [3.8, 4) is 5.75 Å². The molecule has 1 aromatic rings. The van der Waals surface area contributed by atoms with Gasteiger partial charge in [-0.25, -0.2) is 5.84 Å². The lowest BCUT2D eigenvalue weighted by atomic mass is 10.1. The number of nitrogens with zero attached hydrogens (tertiary/aromatic N) is 1. The predicted molar refractivity (Wildman–Crippen MR) is 63.3 cm³/mol. The molecule has 16 heavy (non-hydrogen) atoms. The summed E-state index contributed by atoms with van der Waals surface area (Å²) in [5, 5.41) is 1.64. The SMILES string of the molecule is COc1ccc(CCC(=O)N(C)N)cc1Cl. The Morgan fingerprint density at radius 1 is 1.56 bits per heavy atom. The maximum atomic E-state index is 11.3. The van der Waals surface area contributed by atoms with Crippen molar-refractivity contribution >= 4 is 17.5 Å². The fourth-order valence-corrected chi connectivity index (χ4v) is 1.57. The van der Waals surface area contributed by atoms with Gasteiger partial charge in [-0.1, -0.05) is 17.7 Å². The molecule has 0 heterocycles. The normalized spacial score (nSPS) is 10.0. The number of hydrogen-bond donors (Lipinski definition) is 1. The van der Waals surface area contributed by atoms with E-state index in [1.807, 2.05) is 6.07 Å². The lowest BCUT2D eigenvalue weighted by Crippen LogP contribution is -2.33. The Hall–Kier alpha value is -1.26. The number of halogens is 1. The maximum absolute atomic E-state index is 11.3. The smallest absolute Gasteiger partial charge is 0.236 e. The van der Waals surface area contributed by atoms with Gasteiger partial charge in [-0.2, -0.15) is 0 Å². The van der Waals surface area contributed by atoms with Crippen LogP contribution in [0.4, 0.5) is 0 Å². The average molecular weight is 243 g/mol. The molecule has 1 rings (SSSR count). The van der Waals surface area contributed by atoms with Gasteiger partial charge in [-0.05, 0) is 24.1 Å². The number of ether oxygens (including phenoxy) is 1. The number of amides is 1. The van der Waals surface area contributed by atoms with Crippen LogP contribution in [0.5, 0.6) is 5.75 Å². The van der Waals surface area contributed by atoms with E-state index >= 15 is 0 Å². The number of carbonyl (C=O) groups excluding carboxylic acids is 1. The molecule has 5 heteroatoms. The average Bonchev–Trinajstić information content (AvgIpc) is 2.25. The summed E-state index contributed by atoms with van der Waals surface area (Å²) in [5.74, 6) is 5.84. The summed E-state index contributed by atoms with van der Waals surface area (Å²) in [7, 11) is 3.09. The highest BCUT2D eigenvalue weighted by atomic mass is 35.5. The molecule has 2 N–H and O–H groups in total. The standard InChI is InChI=1S/C11H15ClN2O2/c1-14(13)11(15)6-4-8-3-5-10(16-2)9(12)7-8/h3,5,7H,4,6,13H2,1-2H3. The lowest BCUT2D eigenvalue weighted by Gasteiger charge is -2.10. The third kappa shape index (κ3) is 3.40. The van der Waals surface area contributed by atoms with Crippen LogP contribution in [0.15, 0.2) is 18.2 Å². The molecule has 0 spiro atoms. The lowest BCUT2D eigenvalue weighted by molar-refractivity contribution is -0.130. The first-order chi connectivity index (χ1) is 7.54. The van der Waals surface area contributed by atoms with E-state index in [1.54, 1.807) is 19.2 Å². The summed E-state index contributed by atoms with van der Waals surface area (Å²) in [5.41, 5.74) is 0.987. The summed E-state index contributed by atoms with van der Waals surface area (Å²) >= 11 is 5.96. The molecule has 4 nitrogen and oxygen atoms in total. The first-order valence-corrected chi connectivity index (χ1v) is 5.26. The molecular weight excluding hydrogens is 228 g/mol. The minimum atomic E-state index is -0.105. The highest BCUT2D eigenvalue weighted by molar-refractivity contribution is 6.32. The molecule has 0 saturated heterocycles. The summed E-state index contributed by atoms with van der Waals surface area (Å²) in [4.78, 5) is 11.3. The van der Waals surface area contributed by atoms with Gasteiger partial charge >= 0.3 is 0 Å². The van der Waals surface area contributed by atoms with Gasteiger partial charge in [0.15, 0.2) is 0 Å². The van der Waals surface area contributed by atoms with E-state index in [2.05, 4.69) is 0 Å². The molecule has 1 amide bonds. The first-order valence-electron chi connectivity index (χ1n) is 4.88. The van der Waals surface area contributed by atoms with Gasteiger partial charge in [0.05, 0.1) is 12.1 Å². The van der Waals surface area contributed by atoms with E-state index in [1.165, 1.54) is 7.05 Å². The molecular formula is C11H15ClN2O2. The number of aryl methyl sites for hydroxylation is 1. The Bertz CT molecular complexity index is 380. The molecule has 1 aromatic carbocycles. The Balaban J connectivity index is 2.62. The van der Waals surface area contributed by atoms with E-state index in [4.69, 9.17) is 22.2 Å². The third-order valence-electron chi connectivity index (χ3n) is 2.24. The summed E-state index contributed by atoms with van der Waals surface area (Å²) in [6.45, 7) is 0. The van der Waals surface area contributed by atoms with Crippen LogP contribution in [0, 0.1) is 0 Å². The summed E-state index contributed by atoms with van der Waals surface area (Å²) < 4.78 is 5.04. The van der Waals surface area contributed by atoms with Crippen LogP contribution in [0.1, 0.15) is 12.0 Å². The molecule has 0 atom stereocenters. The molecule has 0 bridgehead atoms. The van der Waals surface area contributed by atoms with Crippen LogP contribution in [0.3, 0.4) is 0 Å². The fraction of sp³-hybridized carbons (Fsp3) is 0.364. The number of rotatable bonds is 4. The Labute approximate surface area is 99.9 Å². The molecule has 0 radical (unpaired) electrons. The van der Waals surface area contributed by atoms with Crippen LogP contribution in [0.25, 0.3) is 0 Å². The number of hydrogen-bond acceptors (Lipinski definition) is 3. The number of hydrazine groups is 1. The highest BCUT2D eigenvalue weighted by Gasteiger charge is 2.06. The quantitative estimate of drug-likeness (QED) is 0.496. The van der Waals surface area contributed by atoms with Gasteiger partial charge < -0.3 is 4.74 Å². The van der Waals surface area contributed by atoms with Crippen LogP contribution in [-0.2, 0) is 11.2 Å². The second-order valence-electron chi connectivity index (χ2n) is 3.47. The summed E-state index contributed by atoms with van der Waals surface area (Å²) in [6.07, 6.45) is 0.986. The van der Waals surface area contributed by atoms with Crippen molar-refractivity contribution in [2.45, 2.75) is 12.8 Å². The topological polar surface area (TPSA) is 55.6 Å². The van der Waals surface area contributed by atoms with Crippen molar-refractivity contribution in [2.75, 3.05) is 14.2 Å². The van der Waals surface area contributed by atoms with Crippen molar-refractivity contribution in [3.05, 3.63) is 28.8 Å². The monoisotopic (exact) mass is 242 g/mol. The van der Waals surface area contributed by atoms with Crippen molar-refractivity contribution in [1.82, 2.24) is 5.01 Å².